The van der Waals surface area contributed by atoms with Crippen molar-refractivity contribution in [3.63, 3.8) is 0 Å². The Balaban J connectivity index is 1.75. The molecule has 0 spiro atoms. The Bertz CT molecular complexity index is 741. The van der Waals surface area contributed by atoms with Crippen LogP contribution >= 0.6 is 0 Å². The number of amides is 2. The van der Waals surface area contributed by atoms with Crippen LogP contribution in [0.2, 0.25) is 0 Å². The molecular formula is C19H24N4O2. The molecule has 1 fully saturated rings. The molecule has 0 aliphatic carbocycles. The molecule has 0 unspecified atom stereocenters. The summed E-state index contributed by atoms with van der Waals surface area (Å²) in [5.74, 6) is -0.0687. The first-order valence-electron chi connectivity index (χ1n) is 8.64. The van der Waals surface area contributed by atoms with Gasteiger partial charge in [-0.1, -0.05) is 30.3 Å². The van der Waals surface area contributed by atoms with Gasteiger partial charge in [0.05, 0.1) is 24.7 Å². The zero-order valence-electron chi connectivity index (χ0n) is 14.7. The molecule has 6 nitrogen and oxygen atoms in total. The highest BCUT2D eigenvalue weighted by Crippen LogP contribution is 2.33. The smallest absolute Gasteiger partial charge is 0.225 e. The Morgan fingerprint density at radius 1 is 1.32 bits per heavy atom. The van der Waals surface area contributed by atoms with Crippen molar-refractivity contribution in [3.8, 4) is 0 Å². The van der Waals surface area contributed by atoms with Crippen LogP contribution in [0.5, 0.6) is 0 Å². The van der Waals surface area contributed by atoms with Crippen molar-refractivity contribution in [1.29, 1.82) is 0 Å². The second kappa shape index (κ2) is 7.51. The van der Waals surface area contributed by atoms with E-state index in [0.29, 0.717) is 0 Å². The van der Waals surface area contributed by atoms with E-state index < -0.39 is 0 Å². The molecule has 2 aromatic rings. The first-order valence-corrected chi connectivity index (χ1v) is 8.64. The Morgan fingerprint density at radius 3 is 2.72 bits per heavy atom. The van der Waals surface area contributed by atoms with Gasteiger partial charge in [-0.2, -0.15) is 5.10 Å². The number of nitrogens with one attached hydrogen (secondary N) is 1. The average molecular weight is 340 g/mol. The molecule has 1 aromatic heterocycles. The number of benzene rings is 1. The second-order valence-corrected chi connectivity index (χ2v) is 6.56. The lowest BCUT2D eigenvalue weighted by atomic mass is 10.0. The molecular weight excluding hydrogens is 316 g/mol. The zero-order valence-corrected chi connectivity index (χ0v) is 14.7. The van der Waals surface area contributed by atoms with Gasteiger partial charge in [0.2, 0.25) is 11.8 Å². The van der Waals surface area contributed by atoms with Crippen molar-refractivity contribution in [2.75, 3.05) is 6.54 Å². The summed E-state index contributed by atoms with van der Waals surface area (Å²) < 4.78 is 1.76. The lowest BCUT2D eigenvalue weighted by Gasteiger charge is -2.27. The van der Waals surface area contributed by atoms with Gasteiger partial charge in [-0.05, 0) is 18.4 Å². The maximum Gasteiger partial charge on any atom is 0.225 e. The van der Waals surface area contributed by atoms with Crippen LogP contribution in [0.1, 0.15) is 49.4 Å². The summed E-state index contributed by atoms with van der Waals surface area (Å²) in [5, 5.41) is 7.13. The zero-order chi connectivity index (χ0) is 17.8. The van der Waals surface area contributed by atoms with Gasteiger partial charge < -0.3 is 10.2 Å². The molecule has 0 saturated carbocycles. The molecule has 1 saturated heterocycles. The minimum atomic E-state index is -0.304. The maximum atomic E-state index is 12.9. The van der Waals surface area contributed by atoms with Crippen LogP contribution in [0.4, 0.5) is 0 Å². The van der Waals surface area contributed by atoms with Gasteiger partial charge in [-0.3, -0.25) is 14.3 Å². The van der Waals surface area contributed by atoms with Crippen LogP contribution in [0.25, 0.3) is 0 Å². The topological polar surface area (TPSA) is 67.2 Å². The molecule has 132 valence electrons. The number of rotatable bonds is 5. The first kappa shape index (κ1) is 17.2. The molecule has 25 heavy (non-hydrogen) atoms. The van der Waals surface area contributed by atoms with E-state index in [1.807, 2.05) is 54.7 Å². The van der Waals surface area contributed by atoms with Crippen molar-refractivity contribution in [2.45, 2.75) is 38.3 Å². The third-order valence-corrected chi connectivity index (χ3v) is 4.64. The Labute approximate surface area is 147 Å². The molecule has 1 aliphatic heterocycles. The van der Waals surface area contributed by atoms with Crippen molar-refractivity contribution >= 4 is 11.8 Å². The van der Waals surface area contributed by atoms with Gasteiger partial charge in [0.15, 0.2) is 0 Å². The number of carbonyl (C=O) groups is 2. The van der Waals surface area contributed by atoms with Crippen molar-refractivity contribution in [2.24, 2.45) is 7.05 Å². The lowest BCUT2D eigenvalue weighted by molar-refractivity contribution is -0.133. The van der Waals surface area contributed by atoms with Crippen LogP contribution in [-0.2, 0) is 16.6 Å². The normalized spacial score (nSPS) is 18.2. The first-order chi connectivity index (χ1) is 12.0. The predicted octanol–water partition coefficient (Wildman–Crippen LogP) is 2.35. The molecule has 0 bridgehead atoms. The molecule has 1 N–H and O–H groups in total. The van der Waals surface area contributed by atoms with Gasteiger partial charge in [0, 0.05) is 32.3 Å². The van der Waals surface area contributed by atoms with Crippen LogP contribution in [0, 0.1) is 0 Å². The molecule has 2 heterocycles. The van der Waals surface area contributed by atoms with Crippen LogP contribution in [-0.4, -0.2) is 33.0 Å². The number of aromatic nitrogens is 2. The summed E-state index contributed by atoms with van der Waals surface area (Å²) in [6.07, 6.45) is 6.01. The van der Waals surface area contributed by atoms with E-state index in [1.54, 1.807) is 4.68 Å². The van der Waals surface area contributed by atoms with E-state index in [9.17, 15) is 9.59 Å². The lowest BCUT2D eigenvalue weighted by Crippen LogP contribution is -2.35. The van der Waals surface area contributed by atoms with Crippen molar-refractivity contribution in [1.82, 2.24) is 20.0 Å². The van der Waals surface area contributed by atoms with E-state index in [-0.39, 0.29) is 30.3 Å². The van der Waals surface area contributed by atoms with E-state index in [1.165, 1.54) is 6.92 Å². The molecule has 3 rings (SSSR count). The van der Waals surface area contributed by atoms with Crippen LogP contribution in [0.3, 0.4) is 0 Å². The number of hydrogen-bond donors (Lipinski definition) is 1. The van der Waals surface area contributed by atoms with Crippen LogP contribution < -0.4 is 5.32 Å². The van der Waals surface area contributed by atoms with Gasteiger partial charge in [-0.15, -0.1) is 0 Å². The standard InChI is InChI=1S/C19H24N4O2/c1-14(24)21-17(15-7-4-3-5-8-15)11-19(25)23-10-6-9-18(23)16-12-20-22(2)13-16/h3-5,7-8,12-13,17-18H,6,9-11H2,1-2H3,(H,21,24)/t17-,18-/m0/s1. The number of hydrogen-bond acceptors (Lipinski definition) is 3. The van der Waals surface area contributed by atoms with Gasteiger partial charge in [0.1, 0.15) is 0 Å². The maximum absolute atomic E-state index is 12.9. The molecule has 0 radical (unpaired) electrons. The Morgan fingerprint density at radius 2 is 2.08 bits per heavy atom. The highest BCUT2D eigenvalue weighted by Gasteiger charge is 2.32. The largest absolute Gasteiger partial charge is 0.349 e. The third kappa shape index (κ3) is 4.07. The number of nitrogens with zero attached hydrogens (tertiary/aromatic N) is 3. The summed E-state index contributed by atoms with van der Waals surface area (Å²) in [6.45, 7) is 2.23. The van der Waals surface area contributed by atoms with E-state index in [4.69, 9.17) is 0 Å². The Kier molecular flexibility index (Phi) is 5.16. The molecule has 2 atom stereocenters. The minimum absolute atomic E-state index is 0.0638. The van der Waals surface area contributed by atoms with Crippen molar-refractivity contribution < 1.29 is 9.59 Å². The number of likely N-dealkylation sites (tertiary alicyclic amines) is 1. The van der Waals surface area contributed by atoms with Crippen molar-refractivity contribution in [3.05, 3.63) is 53.9 Å². The minimum Gasteiger partial charge on any atom is -0.349 e. The highest BCUT2D eigenvalue weighted by molar-refractivity contribution is 5.79. The molecule has 6 heteroatoms. The summed E-state index contributed by atoms with van der Waals surface area (Å²) in [6, 6.07) is 9.42. The fourth-order valence-electron chi connectivity index (χ4n) is 3.50. The average Bonchev–Trinajstić information content (AvgIpc) is 3.23. The van der Waals surface area contributed by atoms with Gasteiger partial charge >= 0.3 is 0 Å². The fourth-order valence-corrected chi connectivity index (χ4v) is 3.50. The third-order valence-electron chi connectivity index (χ3n) is 4.64. The van der Waals surface area contributed by atoms with E-state index >= 15 is 0 Å². The predicted molar refractivity (Wildman–Crippen MR) is 94.5 cm³/mol. The SMILES string of the molecule is CC(=O)N[C@@H](CC(=O)N1CCC[C@H]1c1cnn(C)c1)c1ccccc1. The Hall–Kier alpha value is -2.63. The number of carbonyl (C=O) groups excluding carboxylic acids is 2. The van der Waals surface area contributed by atoms with E-state index in [2.05, 4.69) is 10.4 Å². The molecule has 1 aromatic carbocycles. The summed E-state index contributed by atoms with van der Waals surface area (Å²) >= 11 is 0. The number of aryl methyl sites for hydroxylation is 1. The molecule has 1 aliphatic rings. The van der Waals surface area contributed by atoms with Gasteiger partial charge in [0.25, 0.3) is 0 Å². The highest BCUT2D eigenvalue weighted by atomic mass is 16.2. The molecule has 2 amide bonds. The van der Waals surface area contributed by atoms with E-state index in [0.717, 1.165) is 30.5 Å². The van der Waals surface area contributed by atoms with Crippen LogP contribution in [0.15, 0.2) is 42.7 Å². The fraction of sp³-hybridized carbons (Fsp3) is 0.421. The van der Waals surface area contributed by atoms with Gasteiger partial charge in [-0.25, -0.2) is 0 Å². The monoisotopic (exact) mass is 340 g/mol. The second-order valence-electron chi connectivity index (χ2n) is 6.56. The summed E-state index contributed by atoms with van der Waals surface area (Å²) in [5.41, 5.74) is 2.02. The summed E-state index contributed by atoms with van der Waals surface area (Å²) in [4.78, 5) is 26.4. The quantitative estimate of drug-likeness (QED) is 0.908. The summed E-state index contributed by atoms with van der Waals surface area (Å²) in [7, 11) is 1.88.